The van der Waals surface area contributed by atoms with E-state index in [-0.39, 0.29) is 23.0 Å². The first-order valence-corrected chi connectivity index (χ1v) is 14.5. The number of rotatable bonds is 4. The van der Waals surface area contributed by atoms with Gasteiger partial charge >= 0.3 is 6.09 Å². The molecule has 3 aliphatic heterocycles. The van der Waals surface area contributed by atoms with Gasteiger partial charge in [0, 0.05) is 57.7 Å². The summed E-state index contributed by atoms with van der Waals surface area (Å²) in [6, 6.07) is 14.4. The minimum absolute atomic E-state index is 0.0363. The van der Waals surface area contributed by atoms with E-state index in [2.05, 4.69) is 62.9 Å². The van der Waals surface area contributed by atoms with E-state index < -0.39 is 0 Å². The average Bonchev–Trinajstić information content (AvgIpc) is 2.95. The van der Waals surface area contributed by atoms with Gasteiger partial charge in [-0.15, -0.1) is 0 Å². The van der Waals surface area contributed by atoms with Crippen LogP contribution in [-0.4, -0.2) is 84.7 Å². The lowest BCUT2D eigenvalue weighted by atomic mass is 9.82. The molecule has 0 saturated carbocycles. The maximum atomic E-state index is 13.0. The summed E-state index contributed by atoms with van der Waals surface area (Å²) >= 11 is 0. The van der Waals surface area contributed by atoms with Gasteiger partial charge in [-0.3, -0.25) is 4.79 Å². The third-order valence-corrected chi connectivity index (χ3v) is 8.37. The Hall–Kier alpha value is -3.06. The third kappa shape index (κ3) is 6.40. The predicted octanol–water partition coefficient (Wildman–Crippen LogP) is 5.47. The van der Waals surface area contributed by atoms with E-state index >= 15 is 0 Å². The molecule has 0 aliphatic carbocycles. The van der Waals surface area contributed by atoms with Crippen molar-refractivity contribution in [1.29, 1.82) is 0 Å². The van der Waals surface area contributed by atoms with Gasteiger partial charge in [-0.1, -0.05) is 45.9 Å². The van der Waals surface area contributed by atoms with Gasteiger partial charge in [-0.05, 0) is 65.8 Å². The lowest BCUT2D eigenvalue weighted by molar-refractivity contribution is -0.0171. The van der Waals surface area contributed by atoms with Gasteiger partial charge < -0.3 is 24.2 Å². The summed E-state index contributed by atoms with van der Waals surface area (Å²) in [6.07, 6.45) is 3.33. The summed E-state index contributed by atoms with van der Waals surface area (Å²) in [5.74, 6) is 1.07. The van der Waals surface area contributed by atoms with E-state index in [1.807, 2.05) is 21.9 Å². The lowest BCUT2D eigenvalue weighted by Crippen LogP contribution is -2.51. The number of fused-ring (bicyclic) bond motifs is 1. The van der Waals surface area contributed by atoms with E-state index in [4.69, 9.17) is 9.47 Å². The fraction of sp³-hybridized carbons (Fsp3) is 0.562. The minimum Gasteiger partial charge on any atom is -0.487 e. The molecule has 2 aromatic rings. The Kier molecular flexibility index (Phi) is 7.90. The second kappa shape index (κ2) is 11.2. The summed E-state index contributed by atoms with van der Waals surface area (Å²) in [6.45, 7) is 14.6. The normalized spacial score (nSPS) is 19.4. The monoisotopic (exact) mass is 533 g/mol. The molecule has 2 fully saturated rings. The second-order valence-corrected chi connectivity index (χ2v) is 12.5. The van der Waals surface area contributed by atoms with Crippen LogP contribution < -0.4 is 4.74 Å². The first kappa shape index (κ1) is 27.5. The Morgan fingerprint density at radius 1 is 0.872 bits per heavy atom. The number of likely N-dealkylation sites (N-methyl/N-ethyl adjacent to an activating group) is 1. The number of hydrogen-bond acceptors (Lipinski definition) is 5. The van der Waals surface area contributed by atoms with Gasteiger partial charge in [0.25, 0.3) is 5.91 Å². The molecule has 210 valence electrons. The molecule has 2 saturated heterocycles. The summed E-state index contributed by atoms with van der Waals surface area (Å²) < 4.78 is 12.1. The smallest absolute Gasteiger partial charge is 0.409 e. The number of likely N-dealkylation sites (tertiary alicyclic amines) is 1. The molecule has 0 radical (unpaired) electrons. The number of benzene rings is 2. The molecular formula is C32H43N3O4. The molecule has 7 nitrogen and oxygen atoms in total. The maximum absolute atomic E-state index is 13.0. The first-order valence-electron chi connectivity index (χ1n) is 14.5. The zero-order chi connectivity index (χ0) is 27.6. The fourth-order valence-electron chi connectivity index (χ4n) is 5.77. The summed E-state index contributed by atoms with van der Waals surface area (Å²) in [4.78, 5) is 31.6. The number of ether oxygens (including phenoxy) is 2. The number of aryl methyl sites for hydroxylation is 1. The highest BCUT2D eigenvalue weighted by Gasteiger charge is 2.41. The molecule has 3 aliphatic rings. The number of piperazine rings is 1. The molecule has 7 heteroatoms. The molecule has 0 aromatic heterocycles. The second-order valence-electron chi connectivity index (χ2n) is 12.5. The zero-order valence-corrected chi connectivity index (χ0v) is 24.0. The van der Waals surface area contributed by atoms with Crippen molar-refractivity contribution in [2.45, 2.75) is 59.0 Å². The Morgan fingerprint density at radius 2 is 1.54 bits per heavy atom. The van der Waals surface area contributed by atoms with Crippen LogP contribution in [0.2, 0.25) is 0 Å². The van der Waals surface area contributed by atoms with Crippen LogP contribution in [-0.2, 0) is 11.2 Å². The van der Waals surface area contributed by atoms with Crippen molar-refractivity contribution in [3.8, 4) is 16.9 Å². The highest BCUT2D eigenvalue weighted by molar-refractivity contribution is 5.94. The van der Waals surface area contributed by atoms with Crippen LogP contribution in [0.15, 0.2) is 42.5 Å². The highest BCUT2D eigenvalue weighted by Crippen LogP contribution is 2.41. The van der Waals surface area contributed by atoms with Crippen molar-refractivity contribution < 1.29 is 19.1 Å². The summed E-state index contributed by atoms with van der Waals surface area (Å²) in [5, 5.41) is 0. The SMILES string of the molecule is CCN1CCN(C(=O)c2ccc(-c3ccc4c(c3)CCC3(CCN(C(=O)OCC(C)(C)C)CC3)O4)cc2)CC1. The molecule has 0 N–H and O–H groups in total. The number of hydrogen-bond donors (Lipinski definition) is 0. The number of carbonyl (C=O) groups is 2. The van der Waals surface area contributed by atoms with Crippen LogP contribution in [0, 0.1) is 5.41 Å². The molecule has 39 heavy (non-hydrogen) atoms. The molecule has 2 aromatic carbocycles. The molecule has 2 amide bonds. The molecule has 0 unspecified atom stereocenters. The van der Waals surface area contributed by atoms with Gasteiger partial charge in [0.2, 0.25) is 0 Å². The van der Waals surface area contributed by atoms with Gasteiger partial charge in [-0.2, -0.15) is 0 Å². The van der Waals surface area contributed by atoms with Crippen LogP contribution in [0.1, 0.15) is 62.9 Å². The van der Waals surface area contributed by atoms with Crippen molar-refractivity contribution in [3.05, 3.63) is 53.6 Å². The number of piperidine rings is 1. The highest BCUT2D eigenvalue weighted by atomic mass is 16.6. The average molecular weight is 534 g/mol. The number of carbonyl (C=O) groups excluding carboxylic acids is 2. The standard InChI is InChI=1S/C32H43N3O4/c1-5-33-18-20-34(21-19-33)29(36)25-8-6-24(7-9-25)26-10-11-28-27(22-26)12-13-32(39-28)14-16-35(17-15-32)30(37)38-23-31(2,3)4/h6-11,22H,5,12-21,23H2,1-4H3. The van der Waals surface area contributed by atoms with Crippen LogP contribution in [0.5, 0.6) is 5.75 Å². The number of nitrogens with zero attached hydrogens (tertiary/aromatic N) is 3. The Bertz CT molecular complexity index is 1170. The van der Waals surface area contributed by atoms with Crippen LogP contribution in [0.4, 0.5) is 4.79 Å². The van der Waals surface area contributed by atoms with Crippen LogP contribution in [0.25, 0.3) is 11.1 Å². The zero-order valence-electron chi connectivity index (χ0n) is 24.0. The molecule has 3 heterocycles. The molecule has 0 atom stereocenters. The summed E-state index contributed by atoms with van der Waals surface area (Å²) in [5.41, 5.74) is 3.97. The van der Waals surface area contributed by atoms with Crippen molar-refractivity contribution in [2.24, 2.45) is 5.41 Å². The Labute approximate surface area is 233 Å². The van der Waals surface area contributed by atoms with E-state index in [1.165, 1.54) is 5.56 Å². The number of amides is 2. The quantitative estimate of drug-likeness (QED) is 0.521. The fourth-order valence-corrected chi connectivity index (χ4v) is 5.77. The maximum Gasteiger partial charge on any atom is 0.409 e. The third-order valence-electron chi connectivity index (χ3n) is 8.37. The van der Waals surface area contributed by atoms with Gasteiger partial charge in [-0.25, -0.2) is 4.79 Å². The topological polar surface area (TPSA) is 62.3 Å². The lowest BCUT2D eigenvalue weighted by Gasteiger charge is -2.44. The Balaban J connectivity index is 1.18. The first-order chi connectivity index (χ1) is 18.6. The van der Waals surface area contributed by atoms with E-state index in [0.717, 1.165) is 80.8 Å². The predicted molar refractivity (Wildman–Crippen MR) is 153 cm³/mol. The molecule has 5 rings (SSSR count). The largest absolute Gasteiger partial charge is 0.487 e. The van der Waals surface area contributed by atoms with E-state index in [0.29, 0.717) is 19.7 Å². The van der Waals surface area contributed by atoms with Crippen molar-refractivity contribution in [3.63, 3.8) is 0 Å². The van der Waals surface area contributed by atoms with Gasteiger partial charge in [0.15, 0.2) is 0 Å². The molecular weight excluding hydrogens is 490 g/mol. The van der Waals surface area contributed by atoms with Crippen LogP contribution >= 0.6 is 0 Å². The van der Waals surface area contributed by atoms with Crippen molar-refractivity contribution in [2.75, 3.05) is 52.4 Å². The van der Waals surface area contributed by atoms with Gasteiger partial charge in [0.05, 0.1) is 6.61 Å². The van der Waals surface area contributed by atoms with E-state index in [1.54, 1.807) is 0 Å². The molecule has 1 spiro atoms. The van der Waals surface area contributed by atoms with E-state index in [9.17, 15) is 9.59 Å². The van der Waals surface area contributed by atoms with Crippen molar-refractivity contribution >= 4 is 12.0 Å². The van der Waals surface area contributed by atoms with Gasteiger partial charge in [0.1, 0.15) is 11.4 Å². The summed E-state index contributed by atoms with van der Waals surface area (Å²) in [7, 11) is 0. The Morgan fingerprint density at radius 3 is 2.18 bits per heavy atom. The molecule has 0 bridgehead atoms. The van der Waals surface area contributed by atoms with Crippen molar-refractivity contribution in [1.82, 2.24) is 14.7 Å². The van der Waals surface area contributed by atoms with Crippen LogP contribution in [0.3, 0.4) is 0 Å². The minimum atomic E-state index is -0.215.